The lowest BCUT2D eigenvalue weighted by atomic mass is 9.96. The fourth-order valence-corrected chi connectivity index (χ4v) is 3.47. The molecule has 1 heterocycles. The van der Waals surface area contributed by atoms with Gasteiger partial charge in [0.05, 0.1) is 24.8 Å². The van der Waals surface area contributed by atoms with Crippen LogP contribution in [0.5, 0.6) is 5.75 Å². The summed E-state index contributed by atoms with van der Waals surface area (Å²) in [6.45, 7) is 9.32. The predicted octanol–water partition coefficient (Wildman–Crippen LogP) is 3.48. The lowest BCUT2D eigenvalue weighted by Crippen LogP contribution is -2.38. The molecule has 1 fully saturated rings. The zero-order valence-electron chi connectivity index (χ0n) is 15.6. The smallest absolute Gasteiger partial charge is 0.125 e. The highest BCUT2D eigenvalue weighted by molar-refractivity contribution is 5.48. The van der Waals surface area contributed by atoms with Crippen LogP contribution in [0.15, 0.2) is 36.4 Å². The minimum Gasteiger partial charge on any atom is -0.492 e. The highest BCUT2D eigenvalue weighted by Crippen LogP contribution is 2.28. The molecule has 0 spiro atoms. The van der Waals surface area contributed by atoms with Gasteiger partial charge in [0.25, 0.3) is 0 Å². The third-order valence-corrected chi connectivity index (χ3v) is 4.77. The van der Waals surface area contributed by atoms with Gasteiger partial charge in [-0.2, -0.15) is 5.26 Å². The Morgan fingerprint density at radius 1 is 1.12 bits per heavy atom. The molecule has 0 N–H and O–H groups in total. The van der Waals surface area contributed by atoms with Gasteiger partial charge < -0.3 is 9.47 Å². The second-order valence-corrected chi connectivity index (χ2v) is 6.82. The first-order chi connectivity index (χ1) is 12.7. The second-order valence-electron chi connectivity index (χ2n) is 6.82. The molecule has 136 valence electrons. The standard InChI is InChI=1S/C22H26N2O2/c1-17-13-18(2)22(26-12-9-24-7-10-25-11-8-24)21(14-17)15-19-5-3-4-6-20(19)16-23/h3-6,13-14H,7-12,15H2,1-2H3. The molecular weight excluding hydrogens is 324 g/mol. The van der Waals surface area contributed by atoms with Crippen molar-refractivity contribution in [2.24, 2.45) is 0 Å². The molecule has 1 aliphatic heterocycles. The molecule has 1 saturated heterocycles. The van der Waals surface area contributed by atoms with Crippen LogP contribution in [0.2, 0.25) is 0 Å². The molecular formula is C22H26N2O2. The maximum Gasteiger partial charge on any atom is 0.125 e. The number of aryl methyl sites for hydroxylation is 2. The minimum absolute atomic E-state index is 0.663. The predicted molar refractivity (Wildman–Crippen MR) is 103 cm³/mol. The lowest BCUT2D eigenvalue weighted by Gasteiger charge is -2.26. The Labute approximate surface area is 156 Å². The van der Waals surface area contributed by atoms with E-state index in [4.69, 9.17) is 9.47 Å². The van der Waals surface area contributed by atoms with Gasteiger partial charge in [0, 0.05) is 26.1 Å². The van der Waals surface area contributed by atoms with Gasteiger partial charge in [0.15, 0.2) is 0 Å². The summed E-state index contributed by atoms with van der Waals surface area (Å²) in [6, 6.07) is 14.4. The third kappa shape index (κ3) is 4.63. The van der Waals surface area contributed by atoms with Crippen LogP contribution in [0, 0.1) is 25.2 Å². The summed E-state index contributed by atoms with van der Waals surface area (Å²) in [5, 5.41) is 9.36. The van der Waals surface area contributed by atoms with Gasteiger partial charge in [0.1, 0.15) is 12.4 Å². The second kappa shape index (κ2) is 8.84. The molecule has 3 rings (SSSR count). The molecule has 2 aromatic rings. The quantitative estimate of drug-likeness (QED) is 0.800. The van der Waals surface area contributed by atoms with Crippen molar-refractivity contribution in [1.82, 2.24) is 4.90 Å². The third-order valence-electron chi connectivity index (χ3n) is 4.77. The van der Waals surface area contributed by atoms with Crippen LogP contribution in [0.3, 0.4) is 0 Å². The topological polar surface area (TPSA) is 45.5 Å². The Bertz CT molecular complexity index is 789. The summed E-state index contributed by atoms with van der Waals surface area (Å²) in [5.41, 5.74) is 5.28. The number of hydrogen-bond donors (Lipinski definition) is 0. The van der Waals surface area contributed by atoms with E-state index in [1.807, 2.05) is 24.3 Å². The van der Waals surface area contributed by atoms with Gasteiger partial charge in [-0.3, -0.25) is 4.90 Å². The number of ether oxygens (including phenoxy) is 2. The first kappa shape index (κ1) is 18.4. The van der Waals surface area contributed by atoms with Crippen molar-refractivity contribution in [2.45, 2.75) is 20.3 Å². The van der Waals surface area contributed by atoms with Crippen molar-refractivity contribution in [1.29, 1.82) is 5.26 Å². The summed E-state index contributed by atoms with van der Waals surface area (Å²) in [5.74, 6) is 0.955. The number of nitriles is 1. The number of rotatable bonds is 6. The zero-order valence-corrected chi connectivity index (χ0v) is 15.6. The highest BCUT2D eigenvalue weighted by atomic mass is 16.5. The Morgan fingerprint density at radius 2 is 1.88 bits per heavy atom. The fourth-order valence-electron chi connectivity index (χ4n) is 3.47. The van der Waals surface area contributed by atoms with Gasteiger partial charge in [-0.15, -0.1) is 0 Å². The zero-order chi connectivity index (χ0) is 18.4. The van der Waals surface area contributed by atoms with E-state index >= 15 is 0 Å². The van der Waals surface area contributed by atoms with Crippen LogP contribution in [0.4, 0.5) is 0 Å². The van der Waals surface area contributed by atoms with Crippen LogP contribution < -0.4 is 4.74 Å². The normalized spacial score (nSPS) is 14.8. The minimum atomic E-state index is 0.663. The van der Waals surface area contributed by atoms with E-state index < -0.39 is 0 Å². The molecule has 0 bridgehead atoms. The monoisotopic (exact) mass is 350 g/mol. The van der Waals surface area contributed by atoms with Gasteiger partial charge in [0.2, 0.25) is 0 Å². The fraction of sp³-hybridized carbons (Fsp3) is 0.409. The molecule has 0 saturated carbocycles. The molecule has 0 atom stereocenters. The van der Waals surface area contributed by atoms with E-state index in [1.54, 1.807) is 0 Å². The van der Waals surface area contributed by atoms with Crippen molar-refractivity contribution in [3.8, 4) is 11.8 Å². The SMILES string of the molecule is Cc1cc(C)c(OCCN2CCOCC2)c(Cc2ccccc2C#N)c1. The van der Waals surface area contributed by atoms with Crippen LogP contribution in [-0.2, 0) is 11.2 Å². The molecule has 26 heavy (non-hydrogen) atoms. The lowest BCUT2D eigenvalue weighted by molar-refractivity contribution is 0.0321. The summed E-state index contributed by atoms with van der Waals surface area (Å²) < 4.78 is 11.6. The van der Waals surface area contributed by atoms with E-state index in [-0.39, 0.29) is 0 Å². The van der Waals surface area contributed by atoms with Crippen LogP contribution in [-0.4, -0.2) is 44.4 Å². The van der Waals surface area contributed by atoms with Crippen molar-refractivity contribution >= 4 is 0 Å². The molecule has 0 amide bonds. The van der Waals surface area contributed by atoms with Gasteiger partial charge >= 0.3 is 0 Å². The molecule has 0 aliphatic carbocycles. The maximum atomic E-state index is 9.36. The Kier molecular flexibility index (Phi) is 6.27. The summed E-state index contributed by atoms with van der Waals surface area (Å²) in [7, 11) is 0. The molecule has 1 aliphatic rings. The van der Waals surface area contributed by atoms with Crippen molar-refractivity contribution in [3.63, 3.8) is 0 Å². The van der Waals surface area contributed by atoms with Crippen LogP contribution in [0.25, 0.3) is 0 Å². The molecule has 0 unspecified atom stereocenters. The number of nitrogens with zero attached hydrogens (tertiary/aromatic N) is 2. The molecule has 0 radical (unpaired) electrons. The van der Waals surface area contributed by atoms with Crippen molar-refractivity contribution in [2.75, 3.05) is 39.5 Å². The summed E-state index contributed by atoms with van der Waals surface area (Å²) >= 11 is 0. The van der Waals surface area contributed by atoms with Crippen molar-refractivity contribution < 1.29 is 9.47 Å². The van der Waals surface area contributed by atoms with Gasteiger partial charge in [-0.05, 0) is 36.6 Å². The van der Waals surface area contributed by atoms with E-state index in [2.05, 4.69) is 36.9 Å². The Morgan fingerprint density at radius 3 is 2.65 bits per heavy atom. The summed E-state index contributed by atoms with van der Waals surface area (Å²) in [6.07, 6.45) is 0.707. The van der Waals surface area contributed by atoms with Crippen molar-refractivity contribution in [3.05, 3.63) is 64.2 Å². The first-order valence-corrected chi connectivity index (χ1v) is 9.18. The van der Waals surface area contributed by atoms with E-state index in [0.29, 0.717) is 13.0 Å². The average molecular weight is 350 g/mol. The van der Waals surface area contributed by atoms with Crippen LogP contribution >= 0.6 is 0 Å². The van der Waals surface area contributed by atoms with E-state index in [0.717, 1.165) is 60.9 Å². The maximum absolute atomic E-state index is 9.36. The van der Waals surface area contributed by atoms with Gasteiger partial charge in [-0.25, -0.2) is 0 Å². The molecule has 4 heteroatoms. The Balaban J connectivity index is 1.75. The Hall–Kier alpha value is -2.35. The highest BCUT2D eigenvalue weighted by Gasteiger charge is 2.14. The number of hydrogen-bond acceptors (Lipinski definition) is 4. The van der Waals surface area contributed by atoms with E-state index in [1.165, 1.54) is 5.56 Å². The number of benzene rings is 2. The first-order valence-electron chi connectivity index (χ1n) is 9.18. The average Bonchev–Trinajstić information content (AvgIpc) is 2.65. The van der Waals surface area contributed by atoms with E-state index in [9.17, 15) is 5.26 Å². The molecule has 2 aromatic carbocycles. The number of morpholine rings is 1. The van der Waals surface area contributed by atoms with Crippen LogP contribution in [0.1, 0.15) is 27.8 Å². The van der Waals surface area contributed by atoms with Gasteiger partial charge in [-0.1, -0.05) is 35.9 Å². The largest absolute Gasteiger partial charge is 0.492 e. The molecule has 4 nitrogen and oxygen atoms in total. The summed E-state index contributed by atoms with van der Waals surface area (Å²) in [4.78, 5) is 2.37. The molecule has 0 aromatic heterocycles.